The average Bonchev–Trinajstić information content (AvgIpc) is 3.33. The number of ether oxygens (including phenoxy) is 1. The molecule has 0 radical (unpaired) electrons. The molecule has 1 aromatic heterocycles. The molecule has 0 spiro atoms. The molecule has 1 fully saturated rings. The lowest BCUT2D eigenvalue weighted by molar-refractivity contribution is -0.128. The lowest BCUT2D eigenvalue weighted by Crippen LogP contribution is -2.46. The highest BCUT2D eigenvalue weighted by atomic mass is 35.5. The van der Waals surface area contributed by atoms with Gasteiger partial charge in [0.05, 0.1) is 22.8 Å². The SMILES string of the molecule is COc1cc2c(cc1N1CCCC(C)(C)C1=O)CN(C(=O)c1c(Sc3c(Cl)cccc3Cl)cc(C(F)(F)Cl)[nH]c1=O)C2. The van der Waals surface area contributed by atoms with E-state index in [1.54, 1.807) is 29.2 Å². The third-order valence-electron chi connectivity index (χ3n) is 7.46. The van der Waals surface area contributed by atoms with E-state index in [9.17, 15) is 23.2 Å². The molecule has 3 aromatic rings. The molecule has 42 heavy (non-hydrogen) atoms. The first-order valence-corrected chi connectivity index (χ1v) is 14.9. The lowest BCUT2D eigenvalue weighted by Gasteiger charge is -2.37. The van der Waals surface area contributed by atoms with Crippen molar-refractivity contribution in [2.75, 3.05) is 18.6 Å². The fourth-order valence-electron chi connectivity index (χ4n) is 5.24. The molecule has 1 saturated heterocycles. The van der Waals surface area contributed by atoms with E-state index >= 15 is 0 Å². The molecule has 0 atom stereocenters. The zero-order chi connectivity index (χ0) is 30.6. The van der Waals surface area contributed by atoms with Gasteiger partial charge in [-0.3, -0.25) is 14.4 Å². The van der Waals surface area contributed by atoms with Crippen molar-refractivity contribution in [3.05, 3.63) is 79.2 Å². The Balaban J connectivity index is 1.52. The second kappa shape index (κ2) is 11.4. The van der Waals surface area contributed by atoms with E-state index in [4.69, 9.17) is 39.5 Å². The number of hydrogen-bond acceptors (Lipinski definition) is 5. The highest BCUT2D eigenvalue weighted by Crippen LogP contribution is 2.43. The number of hydrogen-bond donors (Lipinski definition) is 1. The third kappa shape index (κ3) is 5.74. The fourth-order valence-corrected chi connectivity index (χ4v) is 6.98. The Morgan fingerprint density at radius 2 is 1.74 bits per heavy atom. The number of carbonyl (C=O) groups is 2. The van der Waals surface area contributed by atoms with Crippen LogP contribution in [-0.2, 0) is 23.3 Å². The normalized spacial score (nSPS) is 16.5. The first-order valence-electron chi connectivity index (χ1n) is 13.0. The largest absolute Gasteiger partial charge is 0.495 e. The van der Waals surface area contributed by atoms with Gasteiger partial charge in [-0.15, -0.1) is 0 Å². The summed E-state index contributed by atoms with van der Waals surface area (Å²) in [7, 11) is 1.51. The van der Waals surface area contributed by atoms with Crippen LogP contribution in [0.4, 0.5) is 14.5 Å². The van der Waals surface area contributed by atoms with Crippen LogP contribution in [0, 0.1) is 5.41 Å². The van der Waals surface area contributed by atoms with E-state index < -0.39 is 28.0 Å². The van der Waals surface area contributed by atoms with Gasteiger partial charge in [-0.05, 0) is 65.9 Å². The van der Waals surface area contributed by atoms with E-state index in [1.807, 2.05) is 19.9 Å². The highest BCUT2D eigenvalue weighted by Gasteiger charge is 2.39. The number of alkyl halides is 3. The summed E-state index contributed by atoms with van der Waals surface area (Å²) in [6.07, 6.45) is 1.61. The van der Waals surface area contributed by atoms with Gasteiger partial charge in [0, 0.05) is 34.8 Å². The molecule has 0 bridgehead atoms. The van der Waals surface area contributed by atoms with Crippen molar-refractivity contribution in [1.29, 1.82) is 0 Å². The number of fused-ring (bicyclic) bond motifs is 1. The molecule has 2 aliphatic rings. The summed E-state index contributed by atoms with van der Waals surface area (Å²) in [6.45, 7) is 4.62. The number of carbonyl (C=O) groups excluding carboxylic acids is 2. The van der Waals surface area contributed by atoms with Crippen molar-refractivity contribution >= 4 is 64.1 Å². The molecule has 0 aliphatic carbocycles. The monoisotopic (exact) mass is 655 g/mol. The summed E-state index contributed by atoms with van der Waals surface area (Å²) in [6, 6.07) is 9.30. The van der Waals surface area contributed by atoms with E-state index in [1.165, 1.54) is 12.0 Å². The second-order valence-corrected chi connectivity index (χ2v) is 13.1. The Morgan fingerprint density at radius 1 is 1.10 bits per heavy atom. The molecule has 0 unspecified atom stereocenters. The van der Waals surface area contributed by atoms with Crippen molar-refractivity contribution < 1.29 is 23.1 Å². The molecule has 7 nitrogen and oxygen atoms in total. The maximum atomic E-state index is 14.1. The molecule has 0 saturated carbocycles. The van der Waals surface area contributed by atoms with Crippen LogP contribution >= 0.6 is 46.6 Å². The van der Waals surface area contributed by atoms with Crippen molar-refractivity contribution in [1.82, 2.24) is 9.88 Å². The number of anilines is 1. The van der Waals surface area contributed by atoms with Crippen LogP contribution in [0.15, 0.2) is 51.0 Å². The number of nitrogens with one attached hydrogen (secondary N) is 1. The van der Waals surface area contributed by atoms with Crippen molar-refractivity contribution in [3.63, 3.8) is 0 Å². The molecule has 2 amide bonds. The van der Waals surface area contributed by atoms with Gasteiger partial charge in [-0.1, -0.05) is 54.9 Å². The lowest BCUT2D eigenvalue weighted by atomic mass is 9.83. The van der Waals surface area contributed by atoms with Gasteiger partial charge in [-0.2, -0.15) is 8.78 Å². The molecule has 222 valence electrons. The predicted octanol–water partition coefficient (Wildman–Crippen LogP) is 7.44. The van der Waals surface area contributed by atoms with Crippen LogP contribution in [0.3, 0.4) is 0 Å². The van der Waals surface area contributed by atoms with Gasteiger partial charge in [0.2, 0.25) is 5.91 Å². The Morgan fingerprint density at radius 3 is 2.36 bits per heavy atom. The van der Waals surface area contributed by atoms with Crippen LogP contribution in [0.25, 0.3) is 0 Å². The molecule has 5 rings (SSSR count). The molecular weight excluding hydrogens is 631 g/mol. The first kappa shape index (κ1) is 30.7. The van der Waals surface area contributed by atoms with Crippen LogP contribution in [0.2, 0.25) is 10.0 Å². The summed E-state index contributed by atoms with van der Waals surface area (Å²) >= 11 is 18.7. The van der Waals surface area contributed by atoms with E-state index in [0.29, 0.717) is 18.0 Å². The van der Waals surface area contributed by atoms with Gasteiger partial charge in [-0.25, -0.2) is 0 Å². The van der Waals surface area contributed by atoms with E-state index in [0.717, 1.165) is 41.8 Å². The Kier molecular flexibility index (Phi) is 8.30. The van der Waals surface area contributed by atoms with Crippen molar-refractivity contribution in [2.45, 2.75) is 55.0 Å². The highest BCUT2D eigenvalue weighted by molar-refractivity contribution is 7.99. The predicted molar refractivity (Wildman–Crippen MR) is 159 cm³/mol. The summed E-state index contributed by atoms with van der Waals surface area (Å²) < 4.78 is 33.8. The average molecular weight is 657 g/mol. The van der Waals surface area contributed by atoms with Gasteiger partial charge in [0.1, 0.15) is 17.0 Å². The van der Waals surface area contributed by atoms with Crippen LogP contribution < -0.4 is 15.2 Å². The molecule has 2 aromatic carbocycles. The van der Waals surface area contributed by atoms with Gasteiger partial charge in [0.15, 0.2) is 0 Å². The van der Waals surface area contributed by atoms with Gasteiger partial charge in [0.25, 0.3) is 11.5 Å². The zero-order valence-corrected chi connectivity index (χ0v) is 25.9. The minimum Gasteiger partial charge on any atom is -0.495 e. The fraction of sp³-hybridized carbons (Fsp3) is 0.345. The van der Waals surface area contributed by atoms with E-state index in [-0.39, 0.29) is 44.4 Å². The van der Waals surface area contributed by atoms with Crippen LogP contribution in [-0.4, -0.2) is 35.4 Å². The Bertz CT molecular complexity index is 1640. The summed E-state index contributed by atoms with van der Waals surface area (Å²) in [5.74, 6) is -0.205. The maximum Gasteiger partial charge on any atom is 0.362 e. The molecular formula is C29H26Cl3F2N3O4S. The number of methoxy groups -OCH3 is 1. The van der Waals surface area contributed by atoms with Crippen molar-refractivity contribution in [2.24, 2.45) is 5.41 Å². The number of pyridine rings is 1. The zero-order valence-electron chi connectivity index (χ0n) is 22.8. The summed E-state index contributed by atoms with van der Waals surface area (Å²) in [5, 5.41) is -3.46. The third-order valence-corrected chi connectivity index (χ3v) is 9.70. The number of halogens is 5. The molecule has 3 heterocycles. The number of piperidine rings is 1. The van der Waals surface area contributed by atoms with E-state index in [2.05, 4.69) is 4.98 Å². The minimum absolute atomic E-state index is 0.0134. The standard InChI is InChI=1S/C29H26Cl3F2N3O4S/c1-28(2)8-5-9-37(27(28)40)19-10-15-13-36(14-16(15)11-20(19)41-3)26(39)23-21(12-22(29(32,33)34)35-25(23)38)42-24-17(30)6-4-7-18(24)31/h4,6-7,10-12H,5,8-9,13-14H2,1-3H3,(H,35,38). The quantitative estimate of drug-likeness (QED) is 0.279. The van der Waals surface area contributed by atoms with Crippen molar-refractivity contribution in [3.8, 4) is 5.75 Å². The molecule has 2 aliphatic heterocycles. The minimum atomic E-state index is -3.89. The Hall–Kier alpha value is -2.79. The maximum absolute atomic E-state index is 14.1. The topological polar surface area (TPSA) is 82.7 Å². The smallest absolute Gasteiger partial charge is 0.362 e. The number of aromatic nitrogens is 1. The summed E-state index contributed by atoms with van der Waals surface area (Å²) in [5.41, 5.74) is -0.609. The van der Waals surface area contributed by atoms with Crippen LogP contribution in [0.5, 0.6) is 5.75 Å². The molecule has 13 heteroatoms. The van der Waals surface area contributed by atoms with Gasteiger partial charge < -0.3 is 19.5 Å². The van der Waals surface area contributed by atoms with Crippen LogP contribution in [0.1, 0.15) is 53.9 Å². The number of H-pyrrole nitrogens is 1. The Labute approximate surface area is 260 Å². The second-order valence-electron chi connectivity index (χ2n) is 10.8. The molecule has 1 N–H and O–H groups in total. The van der Waals surface area contributed by atoms with Gasteiger partial charge >= 0.3 is 5.38 Å². The number of aromatic amines is 1. The number of amides is 2. The summed E-state index contributed by atoms with van der Waals surface area (Å²) in [4.78, 5) is 45.7. The number of benzene rings is 2. The number of nitrogens with zero attached hydrogens (tertiary/aromatic N) is 2. The first-order chi connectivity index (χ1) is 19.7. The number of rotatable bonds is 6.